The van der Waals surface area contributed by atoms with E-state index in [4.69, 9.17) is 11.1 Å². The molecule has 0 saturated heterocycles. The Kier molecular flexibility index (Phi) is 9.33. The summed E-state index contributed by atoms with van der Waals surface area (Å²) in [6, 6.07) is 7.89. The Bertz CT molecular complexity index is 518. The number of rotatable bonds is 6. The van der Waals surface area contributed by atoms with E-state index in [1.54, 1.807) is 0 Å². The van der Waals surface area contributed by atoms with Crippen molar-refractivity contribution in [2.24, 2.45) is 11.7 Å². The lowest BCUT2D eigenvalue weighted by Crippen LogP contribution is -2.31. The highest BCUT2D eigenvalue weighted by Gasteiger charge is 2.15. The van der Waals surface area contributed by atoms with Gasteiger partial charge in [-0.1, -0.05) is 55.3 Å². The fourth-order valence-corrected chi connectivity index (χ4v) is 3.50. The van der Waals surface area contributed by atoms with Crippen molar-refractivity contribution in [3.05, 3.63) is 35.4 Å². The third-order valence-corrected chi connectivity index (χ3v) is 4.93. The molecule has 0 aliphatic heterocycles. The second-order valence-corrected chi connectivity index (χ2v) is 6.92. The molecule has 0 aromatic heterocycles. The average molecular weight is 400 g/mol. The Labute approximate surface area is 153 Å². The summed E-state index contributed by atoms with van der Waals surface area (Å²) in [5, 5.41) is 10.5. The van der Waals surface area contributed by atoms with Crippen molar-refractivity contribution in [2.45, 2.75) is 44.3 Å². The molecule has 1 saturated carbocycles. The zero-order valence-corrected chi connectivity index (χ0v) is 15.9. The number of carbonyl (C=O) groups is 1. The van der Waals surface area contributed by atoms with Gasteiger partial charge in [-0.2, -0.15) is 0 Å². The molecule has 1 amide bonds. The third kappa shape index (κ3) is 7.40. The maximum Gasteiger partial charge on any atom is 0.224 e. The van der Waals surface area contributed by atoms with Crippen LogP contribution < -0.4 is 11.1 Å². The summed E-state index contributed by atoms with van der Waals surface area (Å²) >= 11 is 1.29. The highest BCUT2D eigenvalue weighted by molar-refractivity contribution is 8.93. The van der Waals surface area contributed by atoms with Gasteiger partial charge in [0.2, 0.25) is 5.91 Å². The fourth-order valence-electron chi connectivity index (χ4n) is 2.91. The number of hydrogen-bond donors (Lipinski definition) is 3. The zero-order chi connectivity index (χ0) is 15.8. The minimum atomic E-state index is 0. The van der Waals surface area contributed by atoms with E-state index < -0.39 is 0 Å². The molecule has 0 atom stereocenters. The van der Waals surface area contributed by atoms with Gasteiger partial charge in [0.05, 0.1) is 6.42 Å². The first-order valence-corrected chi connectivity index (χ1v) is 8.94. The molecule has 128 valence electrons. The SMILES string of the molecule is Br.N=C(N)SCc1ccccc1CC(=O)NCC1CCCCC1. The molecule has 6 heteroatoms. The molecule has 4 nitrogen and oxygen atoms in total. The normalized spacial score (nSPS) is 14.8. The lowest BCUT2D eigenvalue weighted by molar-refractivity contribution is -0.120. The molecule has 1 aromatic carbocycles. The minimum Gasteiger partial charge on any atom is -0.379 e. The van der Waals surface area contributed by atoms with Crippen molar-refractivity contribution in [3.8, 4) is 0 Å². The summed E-state index contributed by atoms with van der Waals surface area (Å²) < 4.78 is 0. The van der Waals surface area contributed by atoms with Gasteiger partial charge in [-0.15, -0.1) is 17.0 Å². The van der Waals surface area contributed by atoms with E-state index in [0.29, 0.717) is 18.1 Å². The lowest BCUT2D eigenvalue weighted by Gasteiger charge is -2.21. The van der Waals surface area contributed by atoms with Crippen LogP contribution in [0, 0.1) is 11.3 Å². The lowest BCUT2D eigenvalue weighted by atomic mass is 9.89. The summed E-state index contributed by atoms with van der Waals surface area (Å²) in [7, 11) is 0. The second-order valence-electron chi connectivity index (χ2n) is 5.91. The Morgan fingerprint density at radius 2 is 1.87 bits per heavy atom. The van der Waals surface area contributed by atoms with Crippen molar-refractivity contribution < 1.29 is 4.79 Å². The highest BCUT2D eigenvalue weighted by Crippen LogP contribution is 2.23. The van der Waals surface area contributed by atoms with Gasteiger partial charge in [0.1, 0.15) is 0 Å². The number of carbonyl (C=O) groups excluding carboxylic acids is 1. The van der Waals surface area contributed by atoms with Crippen molar-refractivity contribution in [2.75, 3.05) is 6.54 Å². The van der Waals surface area contributed by atoms with Crippen LogP contribution in [0.2, 0.25) is 0 Å². The van der Waals surface area contributed by atoms with Crippen LogP contribution in [0.1, 0.15) is 43.2 Å². The molecule has 1 aliphatic carbocycles. The molecule has 1 fully saturated rings. The third-order valence-electron chi connectivity index (χ3n) is 4.17. The van der Waals surface area contributed by atoms with E-state index in [0.717, 1.165) is 17.7 Å². The summed E-state index contributed by atoms with van der Waals surface area (Å²) in [6.45, 7) is 0.809. The number of nitrogens with two attached hydrogens (primary N) is 1. The van der Waals surface area contributed by atoms with Crippen LogP contribution >= 0.6 is 28.7 Å². The van der Waals surface area contributed by atoms with Crippen LogP contribution in [0.3, 0.4) is 0 Å². The fraction of sp³-hybridized carbons (Fsp3) is 0.529. The Morgan fingerprint density at radius 1 is 1.22 bits per heavy atom. The number of hydrogen-bond acceptors (Lipinski definition) is 3. The predicted molar refractivity (Wildman–Crippen MR) is 103 cm³/mol. The largest absolute Gasteiger partial charge is 0.379 e. The average Bonchev–Trinajstić information content (AvgIpc) is 2.53. The van der Waals surface area contributed by atoms with Crippen LogP contribution in [-0.4, -0.2) is 17.6 Å². The molecule has 1 aliphatic rings. The van der Waals surface area contributed by atoms with Gasteiger partial charge >= 0.3 is 0 Å². The Morgan fingerprint density at radius 3 is 2.52 bits per heavy atom. The van der Waals surface area contributed by atoms with Gasteiger partial charge in [0.25, 0.3) is 0 Å². The predicted octanol–water partition coefficient (Wildman–Crippen LogP) is 3.63. The molecule has 0 spiro atoms. The van der Waals surface area contributed by atoms with Crippen LogP contribution in [0.4, 0.5) is 0 Å². The highest BCUT2D eigenvalue weighted by atomic mass is 79.9. The molecule has 23 heavy (non-hydrogen) atoms. The van der Waals surface area contributed by atoms with Gasteiger partial charge in [-0.3, -0.25) is 10.2 Å². The molecule has 2 rings (SSSR count). The summed E-state index contributed by atoms with van der Waals surface area (Å²) in [6.07, 6.45) is 6.82. The van der Waals surface area contributed by atoms with Gasteiger partial charge < -0.3 is 11.1 Å². The molecular formula is C17H26BrN3OS. The van der Waals surface area contributed by atoms with Crippen LogP contribution in [-0.2, 0) is 17.0 Å². The topological polar surface area (TPSA) is 79.0 Å². The first kappa shape index (κ1) is 20.0. The number of benzene rings is 1. The molecule has 4 N–H and O–H groups in total. The van der Waals surface area contributed by atoms with Crippen LogP contribution in [0.25, 0.3) is 0 Å². The van der Waals surface area contributed by atoms with E-state index in [1.165, 1.54) is 43.9 Å². The maximum atomic E-state index is 12.2. The smallest absolute Gasteiger partial charge is 0.224 e. The summed E-state index contributed by atoms with van der Waals surface area (Å²) in [5.41, 5.74) is 7.49. The number of thioether (sulfide) groups is 1. The van der Waals surface area contributed by atoms with Crippen LogP contribution in [0.5, 0.6) is 0 Å². The number of halogens is 1. The van der Waals surface area contributed by atoms with E-state index in [1.807, 2.05) is 24.3 Å². The van der Waals surface area contributed by atoms with E-state index in [-0.39, 0.29) is 28.1 Å². The summed E-state index contributed by atoms with van der Waals surface area (Å²) in [5.74, 6) is 1.38. The second kappa shape index (κ2) is 10.7. The Hall–Kier alpha value is -1.01. The molecular weight excluding hydrogens is 374 g/mol. The van der Waals surface area contributed by atoms with Crippen molar-refractivity contribution >= 4 is 39.8 Å². The van der Waals surface area contributed by atoms with Crippen molar-refractivity contribution in [1.82, 2.24) is 5.32 Å². The molecule has 0 unspecified atom stereocenters. The van der Waals surface area contributed by atoms with Gasteiger partial charge in [-0.05, 0) is 29.9 Å². The molecule has 0 radical (unpaired) electrons. The van der Waals surface area contributed by atoms with Gasteiger partial charge in [0, 0.05) is 12.3 Å². The Balaban J connectivity index is 0.00000264. The van der Waals surface area contributed by atoms with E-state index in [9.17, 15) is 4.79 Å². The number of amidine groups is 1. The van der Waals surface area contributed by atoms with Crippen molar-refractivity contribution in [3.63, 3.8) is 0 Å². The molecule has 1 aromatic rings. The monoisotopic (exact) mass is 399 g/mol. The quantitative estimate of drug-likeness (QED) is 0.504. The minimum absolute atomic E-state index is 0. The molecule has 0 heterocycles. The van der Waals surface area contributed by atoms with Crippen molar-refractivity contribution in [1.29, 1.82) is 5.41 Å². The standard InChI is InChI=1S/C17H25N3OS.BrH/c18-17(19)22-12-15-9-5-4-8-14(15)10-16(21)20-11-13-6-2-1-3-7-13;/h4-5,8-9,13H,1-3,6-7,10-12H2,(H3,18,19)(H,20,21);1H. The number of amides is 1. The number of nitrogens with one attached hydrogen (secondary N) is 2. The molecule has 0 bridgehead atoms. The van der Waals surface area contributed by atoms with E-state index >= 15 is 0 Å². The van der Waals surface area contributed by atoms with Gasteiger partial charge in [-0.25, -0.2) is 0 Å². The first-order chi connectivity index (χ1) is 10.6. The van der Waals surface area contributed by atoms with Gasteiger partial charge in [0.15, 0.2) is 5.17 Å². The van der Waals surface area contributed by atoms with E-state index in [2.05, 4.69) is 5.32 Å². The maximum absolute atomic E-state index is 12.2. The first-order valence-electron chi connectivity index (χ1n) is 7.95. The van der Waals surface area contributed by atoms with Crippen LogP contribution in [0.15, 0.2) is 24.3 Å². The zero-order valence-electron chi connectivity index (χ0n) is 13.3. The summed E-state index contributed by atoms with van der Waals surface area (Å²) in [4.78, 5) is 12.2.